The Balaban J connectivity index is 1.96. The molecule has 1 aliphatic rings. The summed E-state index contributed by atoms with van der Waals surface area (Å²) >= 11 is 0. The molecule has 2 N–H and O–H groups in total. The van der Waals surface area contributed by atoms with Crippen molar-refractivity contribution in [2.45, 2.75) is 25.5 Å². The monoisotopic (exact) mass is 306 g/mol. The molecule has 120 valence electrons. The van der Waals surface area contributed by atoms with Gasteiger partial charge in [0.1, 0.15) is 6.04 Å². The number of β-amino-alcohol motifs (C(OH)–C–C–N with tert-alkyl or cyclic N) is 1. The van der Waals surface area contributed by atoms with Crippen molar-refractivity contribution < 1.29 is 19.8 Å². The first kappa shape index (κ1) is 16.5. The van der Waals surface area contributed by atoms with Gasteiger partial charge in [-0.2, -0.15) is 0 Å². The molecule has 0 radical (unpaired) electrons. The van der Waals surface area contributed by atoms with E-state index in [-0.39, 0.29) is 24.9 Å². The Labute approximate surface area is 130 Å². The first-order valence-electron chi connectivity index (χ1n) is 7.44. The number of aliphatic hydroxyl groups excluding tert-OH is 2. The van der Waals surface area contributed by atoms with Gasteiger partial charge in [-0.05, 0) is 18.9 Å². The molecular formula is C16H22N2O4. The van der Waals surface area contributed by atoms with Gasteiger partial charge < -0.3 is 20.0 Å². The van der Waals surface area contributed by atoms with Crippen LogP contribution in [0.5, 0.6) is 0 Å². The molecule has 2 atom stereocenters. The fourth-order valence-corrected chi connectivity index (χ4v) is 2.59. The van der Waals surface area contributed by atoms with Crippen LogP contribution in [0.4, 0.5) is 0 Å². The lowest BCUT2D eigenvalue weighted by Gasteiger charge is -2.39. The molecule has 0 aromatic heterocycles. The van der Waals surface area contributed by atoms with E-state index < -0.39 is 18.8 Å². The number of benzene rings is 1. The highest BCUT2D eigenvalue weighted by atomic mass is 16.3. The Bertz CT molecular complexity index is 520. The fourth-order valence-electron chi connectivity index (χ4n) is 2.59. The second-order valence-corrected chi connectivity index (χ2v) is 5.55. The van der Waals surface area contributed by atoms with Crippen LogP contribution in [0.15, 0.2) is 30.3 Å². The first-order chi connectivity index (χ1) is 10.5. The number of amides is 2. The van der Waals surface area contributed by atoms with Crippen molar-refractivity contribution in [2.75, 3.05) is 26.2 Å². The lowest BCUT2D eigenvalue weighted by atomic mass is 10.1. The smallest absolute Gasteiger partial charge is 0.245 e. The van der Waals surface area contributed by atoms with Gasteiger partial charge in [-0.25, -0.2) is 0 Å². The Morgan fingerprint density at radius 3 is 2.59 bits per heavy atom. The highest BCUT2D eigenvalue weighted by Gasteiger charge is 2.36. The average molecular weight is 306 g/mol. The summed E-state index contributed by atoms with van der Waals surface area (Å²) in [7, 11) is 0. The number of aliphatic hydroxyl groups is 2. The van der Waals surface area contributed by atoms with Crippen molar-refractivity contribution >= 4 is 11.8 Å². The molecule has 0 spiro atoms. The van der Waals surface area contributed by atoms with Gasteiger partial charge in [0, 0.05) is 13.1 Å². The van der Waals surface area contributed by atoms with E-state index in [1.807, 2.05) is 30.3 Å². The molecule has 1 aromatic rings. The number of hydrogen-bond donors (Lipinski definition) is 2. The Morgan fingerprint density at radius 2 is 1.95 bits per heavy atom. The quantitative estimate of drug-likeness (QED) is 0.752. The Hall–Kier alpha value is -1.92. The highest BCUT2D eigenvalue weighted by molar-refractivity contribution is 5.94. The van der Waals surface area contributed by atoms with E-state index in [1.165, 1.54) is 4.90 Å². The van der Waals surface area contributed by atoms with Crippen LogP contribution in [0.2, 0.25) is 0 Å². The summed E-state index contributed by atoms with van der Waals surface area (Å²) in [6.45, 7) is 1.72. The van der Waals surface area contributed by atoms with Gasteiger partial charge in [0.25, 0.3) is 0 Å². The van der Waals surface area contributed by atoms with E-state index in [0.29, 0.717) is 13.0 Å². The normalized spacial score (nSPS) is 20.4. The van der Waals surface area contributed by atoms with Crippen LogP contribution in [0.1, 0.15) is 12.5 Å². The summed E-state index contributed by atoms with van der Waals surface area (Å²) in [4.78, 5) is 27.4. The second-order valence-electron chi connectivity index (χ2n) is 5.55. The van der Waals surface area contributed by atoms with Crippen LogP contribution in [-0.4, -0.2) is 70.2 Å². The number of nitrogens with zero attached hydrogens (tertiary/aromatic N) is 2. The minimum atomic E-state index is -1.02. The number of rotatable bonds is 6. The van der Waals surface area contributed by atoms with Gasteiger partial charge in [-0.1, -0.05) is 30.3 Å². The molecule has 1 saturated heterocycles. The van der Waals surface area contributed by atoms with Gasteiger partial charge in [-0.15, -0.1) is 0 Å². The molecule has 1 aromatic carbocycles. The van der Waals surface area contributed by atoms with Crippen molar-refractivity contribution in [2.24, 2.45) is 0 Å². The zero-order chi connectivity index (χ0) is 16.1. The summed E-state index contributed by atoms with van der Waals surface area (Å²) in [5.74, 6) is -0.326. The minimum absolute atomic E-state index is 0.0191. The van der Waals surface area contributed by atoms with E-state index in [0.717, 1.165) is 5.56 Å². The molecular weight excluding hydrogens is 284 g/mol. The zero-order valence-electron chi connectivity index (χ0n) is 12.7. The molecule has 1 fully saturated rings. The Kier molecular flexibility index (Phi) is 5.51. The van der Waals surface area contributed by atoms with Crippen molar-refractivity contribution in [3.05, 3.63) is 35.9 Å². The van der Waals surface area contributed by atoms with Gasteiger partial charge in [0.2, 0.25) is 11.8 Å². The van der Waals surface area contributed by atoms with Crippen molar-refractivity contribution in [1.29, 1.82) is 0 Å². The summed E-state index contributed by atoms with van der Waals surface area (Å²) in [6.07, 6.45) is -0.318. The third-order valence-electron chi connectivity index (χ3n) is 3.91. The third-order valence-corrected chi connectivity index (χ3v) is 3.91. The number of piperazine rings is 1. The Morgan fingerprint density at radius 1 is 1.27 bits per heavy atom. The second kappa shape index (κ2) is 7.38. The molecule has 1 heterocycles. The molecule has 2 amide bonds. The lowest BCUT2D eigenvalue weighted by molar-refractivity contribution is -0.156. The van der Waals surface area contributed by atoms with Crippen LogP contribution in [0.3, 0.4) is 0 Å². The maximum absolute atomic E-state index is 12.4. The van der Waals surface area contributed by atoms with Crippen molar-refractivity contribution in [1.82, 2.24) is 9.80 Å². The first-order valence-corrected chi connectivity index (χ1v) is 7.44. The molecule has 0 unspecified atom stereocenters. The summed E-state index contributed by atoms with van der Waals surface area (Å²) in [5, 5.41) is 18.4. The maximum atomic E-state index is 12.4. The molecule has 6 heteroatoms. The number of carbonyl (C=O) groups is 2. The summed E-state index contributed by atoms with van der Waals surface area (Å²) in [5.41, 5.74) is 1.12. The number of hydrogen-bond acceptors (Lipinski definition) is 4. The van der Waals surface area contributed by atoms with Gasteiger partial charge in [-0.3, -0.25) is 9.59 Å². The third kappa shape index (κ3) is 3.84. The zero-order valence-corrected chi connectivity index (χ0v) is 12.7. The van der Waals surface area contributed by atoms with E-state index >= 15 is 0 Å². The molecule has 22 heavy (non-hydrogen) atoms. The predicted molar refractivity (Wildman–Crippen MR) is 81.0 cm³/mol. The van der Waals surface area contributed by atoms with Crippen molar-refractivity contribution in [3.63, 3.8) is 0 Å². The molecule has 0 saturated carbocycles. The van der Waals surface area contributed by atoms with E-state index in [9.17, 15) is 14.7 Å². The molecule has 2 rings (SSSR count). The van der Waals surface area contributed by atoms with Crippen LogP contribution in [0, 0.1) is 0 Å². The number of carbonyl (C=O) groups excluding carboxylic acids is 2. The van der Waals surface area contributed by atoms with E-state index in [1.54, 1.807) is 11.8 Å². The van der Waals surface area contributed by atoms with Crippen LogP contribution in [-0.2, 0) is 16.0 Å². The minimum Gasteiger partial charge on any atom is -0.394 e. The van der Waals surface area contributed by atoms with Crippen LogP contribution in [0.25, 0.3) is 0 Å². The van der Waals surface area contributed by atoms with Gasteiger partial charge >= 0.3 is 0 Å². The fraction of sp³-hybridized carbons (Fsp3) is 0.500. The topological polar surface area (TPSA) is 81.1 Å². The highest BCUT2D eigenvalue weighted by Crippen LogP contribution is 2.14. The van der Waals surface area contributed by atoms with Gasteiger partial charge in [0.05, 0.1) is 19.3 Å². The molecule has 0 bridgehead atoms. The lowest BCUT2D eigenvalue weighted by Crippen LogP contribution is -2.60. The SMILES string of the molecule is C[C@H]1C(=O)N(CCc2ccccc2)CC(=O)N1C[C@@H](O)CO. The van der Waals surface area contributed by atoms with Gasteiger partial charge in [0.15, 0.2) is 0 Å². The molecule has 1 aliphatic heterocycles. The predicted octanol–water partition coefficient (Wildman–Crippen LogP) is -0.358. The van der Waals surface area contributed by atoms with Crippen LogP contribution < -0.4 is 0 Å². The standard InChI is InChI=1S/C16H22N2O4/c1-12-16(22)17(8-7-13-5-3-2-4-6-13)10-15(21)18(12)9-14(20)11-19/h2-6,12,14,19-20H,7-11H2,1H3/t12-,14+/m0/s1. The molecule has 6 nitrogen and oxygen atoms in total. The summed E-state index contributed by atoms with van der Waals surface area (Å²) < 4.78 is 0. The largest absolute Gasteiger partial charge is 0.394 e. The van der Waals surface area contributed by atoms with Crippen LogP contribution >= 0.6 is 0 Å². The molecule has 0 aliphatic carbocycles. The van der Waals surface area contributed by atoms with E-state index in [2.05, 4.69) is 0 Å². The summed E-state index contributed by atoms with van der Waals surface area (Å²) in [6, 6.07) is 9.19. The average Bonchev–Trinajstić information content (AvgIpc) is 2.54. The van der Waals surface area contributed by atoms with Crippen molar-refractivity contribution in [3.8, 4) is 0 Å². The maximum Gasteiger partial charge on any atom is 0.245 e. The van der Waals surface area contributed by atoms with E-state index in [4.69, 9.17) is 5.11 Å².